The lowest BCUT2D eigenvalue weighted by molar-refractivity contribution is 0.0438. The predicted molar refractivity (Wildman–Crippen MR) is 105 cm³/mol. The number of fused-ring (bicyclic) bond motifs is 1. The number of β-amino-alcohol motifs (C(OH)–C–C–N with tert-alkyl or cyclic N) is 1. The van der Waals surface area contributed by atoms with Gasteiger partial charge >= 0.3 is 0 Å². The number of anilines is 1. The van der Waals surface area contributed by atoms with Crippen molar-refractivity contribution in [2.75, 3.05) is 11.4 Å². The van der Waals surface area contributed by atoms with Gasteiger partial charge in [-0.2, -0.15) is 0 Å². The highest BCUT2D eigenvalue weighted by atomic mass is 19.1. The summed E-state index contributed by atoms with van der Waals surface area (Å²) in [4.78, 5) is 15.1. The molecule has 2 fully saturated rings. The zero-order valence-electron chi connectivity index (χ0n) is 16.3. The van der Waals surface area contributed by atoms with E-state index in [0.717, 1.165) is 24.0 Å². The fraction of sp³-hybridized carbons (Fsp3) is 0.476. The molecule has 152 valence electrons. The van der Waals surface area contributed by atoms with Crippen LogP contribution in [0.25, 0.3) is 0 Å². The van der Waals surface area contributed by atoms with Gasteiger partial charge in [-0.1, -0.05) is 0 Å². The van der Waals surface area contributed by atoms with E-state index in [2.05, 4.69) is 15.0 Å². The lowest BCUT2D eigenvalue weighted by atomic mass is 10.0. The topological polar surface area (TPSA) is 91.1 Å². The van der Waals surface area contributed by atoms with Crippen molar-refractivity contribution in [1.29, 1.82) is 0 Å². The first kappa shape index (κ1) is 18.4. The molecule has 3 aliphatic rings. The maximum atomic E-state index is 14.5. The van der Waals surface area contributed by atoms with Gasteiger partial charge in [-0.05, 0) is 44.4 Å². The van der Waals surface area contributed by atoms with Crippen molar-refractivity contribution >= 4 is 11.5 Å². The number of hydrogen-bond acceptors (Lipinski definition) is 7. The van der Waals surface area contributed by atoms with E-state index in [1.807, 2.05) is 18.7 Å². The predicted octanol–water partition coefficient (Wildman–Crippen LogP) is 1.83. The monoisotopic (exact) mass is 398 g/mol. The minimum Gasteiger partial charge on any atom is -0.484 e. The molecule has 0 spiro atoms. The number of aliphatic hydroxyl groups is 2. The molecule has 0 bridgehead atoms. The summed E-state index contributed by atoms with van der Waals surface area (Å²) in [5, 5.41) is 20.0. The summed E-state index contributed by atoms with van der Waals surface area (Å²) in [5.41, 5.74) is 2.62. The molecule has 0 unspecified atom stereocenters. The Balaban J connectivity index is 1.47. The summed E-state index contributed by atoms with van der Waals surface area (Å²) in [7, 11) is 0. The van der Waals surface area contributed by atoms with Gasteiger partial charge in [0.1, 0.15) is 23.9 Å². The summed E-state index contributed by atoms with van der Waals surface area (Å²) in [5.74, 6) is 0.482. The summed E-state index contributed by atoms with van der Waals surface area (Å²) in [6.45, 7) is 4.50. The maximum Gasteiger partial charge on any atom is 0.165 e. The molecule has 8 heteroatoms. The van der Waals surface area contributed by atoms with Crippen molar-refractivity contribution in [2.24, 2.45) is 4.99 Å². The van der Waals surface area contributed by atoms with E-state index in [1.165, 1.54) is 12.4 Å². The first-order chi connectivity index (χ1) is 13.8. The molecule has 0 radical (unpaired) electrons. The molecule has 1 aliphatic carbocycles. The molecule has 1 saturated heterocycles. The third-order valence-electron chi connectivity index (χ3n) is 6.08. The molecule has 2 N–H and O–H groups in total. The molecule has 2 aromatic rings. The van der Waals surface area contributed by atoms with Crippen molar-refractivity contribution in [3.63, 3.8) is 0 Å². The van der Waals surface area contributed by atoms with Crippen LogP contribution in [0.15, 0.2) is 29.5 Å². The molecule has 7 nitrogen and oxygen atoms in total. The number of aliphatic hydroxyl groups excluding tert-OH is 2. The molecule has 5 rings (SSSR count). The number of aliphatic imine (C=N–C) groups is 1. The zero-order valence-corrected chi connectivity index (χ0v) is 16.3. The third-order valence-corrected chi connectivity index (χ3v) is 6.08. The Morgan fingerprint density at radius 2 is 2.00 bits per heavy atom. The third kappa shape index (κ3) is 3.16. The van der Waals surface area contributed by atoms with Gasteiger partial charge in [0.15, 0.2) is 11.6 Å². The summed E-state index contributed by atoms with van der Waals surface area (Å²) >= 11 is 0. The van der Waals surface area contributed by atoms with Gasteiger partial charge in [0.05, 0.1) is 30.1 Å². The average molecular weight is 398 g/mol. The van der Waals surface area contributed by atoms with E-state index in [4.69, 9.17) is 4.74 Å². The van der Waals surface area contributed by atoms with Crippen LogP contribution in [0, 0.1) is 5.82 Å². The van der Waals surface area contributed by atoms with Crippen LogP contribution in [-0.4, -0.2) is 56.3 Å². The fourth-order valence-electron chi connectivity index (χ4n) is 3.95. The molecule has 1 aromatic carbocycles. The summed E-state index contributed by atoms with van der Waals surface area (Å²) in [6.07, 6.45) is 1.64. The van der Waals surface area contributed by atoms with Crippen molar-refractivity contribution in [1.82, 2.24) is 9.97 Å². The van der Waals surface area contributed by atoms with Gasteiger partial charge in [0, 0.05) is 18.2 Å². The number of hydrogen-bond donors (Lipinski definition) is 2. The van der Waals surface area contributed by atoms with Crippen molar-refractivity contribution in [3.05, 3.63) is 47.2 Å². The van der Waals surface area contributed by atoms with E-state index in [1.54, 1.807) is 12.1 Å². The second-order valence-corrected chi connectivity index (χ2v) is 8.37. The summed E-state index contributed by atoms with van der Waals surface area (Å²) in [6, 6.07) is 4.73. The van der Waals surface area contributed by atoms with Crippen LogP contribution in [0.5, 0.6) is 5.75 Å². The molecule has 3 heterocycles. The van der Waals surface area contributed by atoms with Crippen LogP contribution in [0.1, 0.15) is 43.5 Å². The number of rotatable bonds is 4. The van der Waals surface area contributed by atoms with Gasteiger partial charge in [-0.25, -0.2) is 14.4 Å². The van der Waals surface area contributed by atoms with Crippen LogP contribution >= 0.6 is 0 Å². The number of aromatic nitrogens is 2. The Bertz CT molecular complexity index is 1010. The molecule has 29 heavy (non-hydrogen) atoms. The van der Waals surface area contributed by atoms with Crippen LogP contribution < -0.4 is 9.64 Å². The number of ether oxygens (including phenoxy) is 1. The molecular weight excluding hydrogens is 375 g/mol. The largest absolute Gasteiger partial charge is 0.484 e. The highest BCUT2D eigenvalue weighted by molar-refractivity contribution is 6.14. The van der Waals surface area contributed by atoms with Gasteiger partial charge < -0.3 is 19.8 Å². The quantitative estimate of drug-likeness (QED) is 0.817. The lowest BCUT2D eigenvalue weighted by Crippen LogP contribution is -2.33. The number of halogens is 1. The van der Waals surface area contributed by atoms with E-state index in [0.29, 0.717) is 30.3 Å². The molecule has 3 atom stereocenters. The summed E-state index contributed by atoms with van der Waals surface area (Å²) < 4.78 is 20.3. The second-order valence-electron chi connectivity index (χ2n) is 8.37. The van der Waals surface area contributed by atoms with Crippen LogP contribution in [-0.2, 0) is 6.54 Å². The minimum atomic E-state index is -0.829. The maximum absolute atomic E-state index is 14.5. The van der Waals surface area contributed by atoms with Gasteiger partial charge in [-0.15, -0.1) is 0 Å². The van der Waals surface area contributed by atoms with Crippen molar-refractivity contribution in [3.8, 4) is 5.75 Å². The standard InChI is InChI=1S/C21H23FN4O3/c1-11-20(28)16(27)9-26(11)18-7-15(24-10-25-18)19-13-6-17(29-21(2)3-4-21)14(22)5-12(13)8-23-19/h5-7,10-11,16,20,27-28H,3-4,8-9H2,1-2H3/t11-,16-,20-/m0/s1. The van der Waals surface area contributed by atoms with Gasteiger partial charge in [0.2, 0.25) is 0 Å². The zero-order chi connectivity index (χ0) is 20.3. The van der Waals surface area contributed by atoms with E-state index in [9.17, 15) is 14.6 Å². The van der Waals surface area contributed by atoms with Gasteiger partial charge in [-0.3, -0.25) is 4.99 Å². The Hall–Kier alpha value is -2.58. The Labute approximate surface area is 167 Å². The number of benzene rings is 1. The Morgan fingerprint density at radius 1 is 1.21 bits per heavy atom. The molecular formula is C21H23FN4O3. The number of nitrogens with zero attached hydrogens (tertiary/aromatic N) is 4. The smallest absolute Gasteiger partial charge is 0.165 e. The Morgan fingerprint density at radius 3 is 2.69 bits per heavy atom. The van der Waals surface area contributed by atoms with Crippen LogP contribution in [0.2, 0.25) is 0 Å². The van der Waals surface area contributed by atoms with E-state index in [-0.39, 0.29) is 23.2 Å². The van der Waals surface area contributed by atoms with E-state index >= 15 is 0 Å². The van der Waals surface area contributed by atoms with E-state index < -0.39 is 12.2 Å². The lowest BCUT2D eigenvalue weighted by Gasteiger charge is -2.23. The molecule has 1 aromatic heterocycles. The Kier molecular flexibility index (Phi) is 4.11. The SMILES string of the molecule is C[C@H]1[C@H](O)[C@@H](O)CN1c1cc(C2=NCc3cc(F)c(OC4(C)CC4)cc32)ncn1. The fourth-order valence-corrected chi connectivity index (χ4v) is 3.95. The van der Waals surface area contributed by atoms with Crippen molar-refractivity contribution in [2.45, 2.75) is 57.1 Å². The molecule has 0 amide bonds. The minimum absolute atomic E-state index is 0.243. The molecule has 1 saturated carbocycles. The van der Waals surface area contributed by atoms with Crippen LogP contribution in [0.3, 0.4) is 0 Å². The normalized spacial score (nSPS) is 27.0. The highest BCUT2D eigenvalue weighted by Gasteiger charge is 2.41. The highest BCUT2D eigenvalue weighted by Crippen LogP contribution is 2.41. The molecule has 2 aliphatic heterocycles. The van der Waals surface area contributed by atoms with Crippen molar-refractivity contribution < 1.29 is 19.3 Å². The second kappa shape index (κ2) is 6.47. The van der Waals surface area contributed by atoms with Crippen LogP contribution in [0.4, 0.5) is 10.2 Å². The average Bonchev–Trinajstić information content (AvgIpc) is 3.20. The first-order valence-electron chi connectivity index (χ1n) is 9.86. The first-order valence-corrected chi connectivity index (χ1v) is 9.86. The van der Waals surface area contributed by atoms with Gasteiger partial charge in [0.25, 0.3) is 0 Å².